The fraction of sp³-hybridized carbons (Fsp3) is 0.105. The second-order valence-electron chi connectivity index (χ2n) is 6.43. The van der Waals surface area contributed by atoms with E-state index in [2.05, 4.69) is 15.7 Å². The van der Waals surface area contributed by atoms with Crippen molar-refractivity contribution >= 4 is 34.9 Å². The molecular formula is C19H13ClN4O2. The normalized spacial score (nSPS) is 20.5. The number of nitrogens with zero attached hydrogens (tertiary/aromatic N) is 2. The number of anilines is 2. The van der Waals surface area contributed by atoms with Crippen molar-refractivity contribution in [1.29, 1.82) is 0 Å². The number of benzene rings is 2. The first-order valence-electron chi connectivity index (χ1n) is 8.15. The molecule has 2 aliphatic heterocycles. The molecule has 0 bridgehead atoms. The molecule has 1 atom stereocenters. The van der Waals surface area contributed by atoms with Crippen molar-refractivity contribution in [2.75, 3.05) is 10.6 Å². The molecule has 2 aromatic carbocycles. The van der Waals surface area contributed by atoms with Crippen molar-refractivity contribution in [2.24, 2.45) is 0 Å². The van der Waals surface area contributed by atoms with Gasteiger partial charge in [0.2, 0.25) is 11.8 Å². The van der Waals surface area contributed by atoms with Gasteiger partial charge in [-0.25, -0.2) is 4.68 Å². The summed E-state index contributed by atoms with van der Waals surface area (Å²) in [6, 6.07) is 14.7. The van der Waals surface area contributed by atoms with E-state index in [0.717, 1.165) is 5.69 Å². The molecule has 3 aromatic rings. The number of carbonyl (C=O) groups excluding carboxylic acids is 2. The predicted molar refractivity (Wildman–Crippen MR) is 97.7 cm³/mol. The van der Waals surface area contributed by atoms with Crippen LogP contribution in [0.25, 0.3) is 5.69 Å². The zero-order valence-corrected chi connectivity index (χ0v) is 14.2. The maximum atomic E-state index is 13.0. The van der Waals surface area contributed by atoms with Crippen LogP contribution < -0.4 is 10.6 Å². The third kappa shape index (κ3) is 1.90. The van der Waals surface area contributed by atoms with Crippen molar-refractivity contribution < 1.29 is 9.59 Å². The first kappa shape index (κ1) is 15.2. The highest BCUT2D eigenvalue weighted by Gasteiger charge is 2.54. The maximum Gasteiger partial charge on any atom is 0.240 e. The number of halogens is 1. The largest absolute Gasteiger partial charge is 0.325 e. The highest BCUT2D eigenvalue weighted by Crippen LogP contribution is 2.50. The number of fused-ring (bicyclic) bond motifs is 4. The van der Waals surface area contributed by atoms with Gasteiger partial charge in [-0.15, -0.1) is 0 Å². The lowest BCUT2D eigenvalue weighted by atomic mass is 9.72. The fourth-order valence-electron chi connectivity index (χ4n) is 3.83. The summed E-state index contributed by atoms with van der Waals surface area (Å²) in [6.07, 6.45) is 1.66. The van der Waals surface area contributed by atoms with Crippen molar-refractivity contribution in [3.63, 3.8) is 0 Å². The van der Waals surface area contributed by atoms with E-state index in [1.165, 1.54) is 0 Å². The highest BCUT2D eigenvalue weighted by molar-refractivity contribution is 6.31. The Balaban J connectivity index is 1.78. The van der Waals surface area contributed by atoms with Gasteiger partial charge in [0, 0.05) is 22.7 Å². The fourth-order valence-corrected chi connectivity index (χ4v) is 4.00. The zero-order valence-electron chi connectivity index (χ0n) is 13.5. The van der Waals surface area contributed by atoms with Gasteiger partial charge in [0.25, 0.3) is 0 Å². The Morgan fingerprint density at radius 3 is 2.65 bits per heavy atom. The maximum absolute atomic E-state index is 13.0. The molecular weight excluding hydrogens is 352 g/mol. The van der Waals surface area contributed by atoms with Crippen LogP contribution >= 0.6 is 11.6 Å². The number of nitrogens with one attached hydrogen (secondary N) is 2. The number of carbonyl (C=O) groups is 2. The molecule has 0 radical (unpaired) electrons. The average molecular weight is 365 g/mol. The quantitative estimate of drug-likeness (QED) is 0.696. The van der Waals surface area contributed by atoms with Gasteiger partial charge in [-0.05, 0) is 35.9 Å². The molecule has 2 amide bonds. The molecule has 1 spiro atoms. The van der Waals surface area contributed by atoms with Crippen molar-refractivity contribution in [3.05, 3.63) is 70.9 Å². The Morgan fingerprint density at radius 1 is 1.04 bits per heavy atom. The van der Waals surface area contributed by atoms with E-state index in [9.17, 15) is 9.59 Å². The Morgan fingerprint density at radius 2 is 1.85 bits per heavy atom. The van der Waals surface area contributed by atoms with Crippen LogP contribution in [-0.4, -0.2) is 21.6 Å². The second-order valence-corrected chi connectivity index (χ2v) is 6.86. The molecule has 6 nitrogen and oxygen atoms in total. The van der Waals surface area contributed by atoms with Crippen LogP contribution in [0.2, 0.25) is 5.02 Å². The molecule has 0 fully saturated rings. The Bertz CT molecular complexity index is 1080. The van der Waals surface area contributed by atoms with E-state index in [0.29, 0.717) is 27.7 Å². The van der Waals surface area contributed by atoms with E-state index in [4.69, 9.17) is 11.6 Å². The number of hydrogen-bond donors (Lipinski definition) is 2. The molecule has 5 rings (SSSR count). The number of rotatable bonds is 1. The summed E-state index contributed by atoms with van der Waals surface area (Å²) in [4.78, 5) is 25.5. The number of para-hydroxylation sites is 1. The lowest BCUT2D eigenvalue weighted by Crippen LogP contribution is -2.43. The molecule has 128 valence electrons. The highest BCUT2D eigenvalue weighted by atomic mass is 35.5. The van der Waals surface area contributed by atoms with Crippen LogP contribution in [0.5, 0.6) is 0 Å². The lowest BCUT2D eigenvalue weighted by Gasteiger charge is -2.31. The molecule has 0 aliphatic carbocycles. The van der Waals surface area contributed by atoms with Gasteiger partial charge in [0.1, 0.15) is 11.2 Å². The minimum atomic E-state index is -1.12. The topological polar surface area (TPSA) is 76.0 Å². The molecule has 7 heteroatoms. The van der Waals surface area contributed by atoms with Gasteiger partial charge in [0.05, 0.1) is 11.9 Å². The predicted octanol–water partition coefficient (Wildman–Crippen LogP) is 3.11. The summed E-state index contributed by atoms with van der Waals surface area (Å²) in [5, 5.41) is 10.7. The molecule has 1 aromatic heterocycles. The lowest BCUT2D eigenvalue weighted by molar-refractivity contribution is -0.125. The minimum Gasteiger partial charge on any atom is -0.325 e. The average Bonchev–Trinajstić information content (AvgIpc) is 3.17. The summed E-state index contributed by atoms with van der Waals surface area (Å²) >= 11 is 6.18. The van der Waals surface area contributed by atoms with Crippen LogP contribution in [0, 0.1) is 0 Å². The van der Waals surface area contributed by atoms with E-state index >= 15 is 0 Å². The third-order valence-corrected chi connectivity index (χ3v) is 5.23. The Hall–Kier alpha value is -3.12. The van der Waals surface area contributed by atoms with Crippen LogP contribution in [0.15, 0.2) is 54.7 Å². The monoisotopic (exact) mass is 364 g/mol. The molecule has 26 heavy (non-hydrogen) atoms. The van der Waals surface area contributed by atoms with Gasteiger partial charge >= 0.3 is 0 Å². The van der Waals surface area contributed by atoms with Crippen molar-refractivity contribution in [1.82, 2.24) is 9.78 Å². The SMILES string of the molecule is O=C1C[C@@]2(C(=O)Nc3ccc(Cl)cc32)c2cnn(-c3ccccc3)c2N1. The van der Waals surface area contributed by atoms with Gasteiger partial charge < -0.3 is 10.6 Å². The summed E-state index contributed by atoms with van der Waals surface area (Å²) in [6.45, 7) is 0. The van der Waals surface area contributed by atoms with Gasteiger partial charge in [0.15, 0.2) is 0 Å². The summed E-state index contributed by atoms with van der Waals surface area (Å²) in [5.41, 5.74) is 1.73. The Labute approximate surface area is 153 Å². The second kappa shape index (κ2) is 5.19. The van der Waals surface area contributed by atoms with Crippen LogP contribution in [0.4, 0.5) is 11.5 Å². The molecule has 0 unspecified atom stereocenters. The van der Waals surface area contributed by atoms with Crippen molar-refractivity contribution in [2.45, 2.75) is 11.8 Å². The number of amides is 2. The van der Waals surface area contributed by atoms with E-state index in [1.54, 1.807) is 29.1 Å². The molecule has 2 aliphatic rings. The first-order valence-corrected chi connectivity index (χ1v) is 8.53. The van der Waals surface area contributed by atoms with Crippen LogP contribution in [-0.2, 0) is 15.0 Å². The van der Waals surface area contributed by atoms with Gasteiger partial charge in [-0.2, -0.15) is 5.10 Å². The van der Waals surface area contributed by atoms with Crippen LogP contribution in [0.1, 0.15) is 17.5 Å². The number of hydrogen-bond acceptors (Lipinski definition) is 3. The van der Waals surface area contributed by atoms with E-state index in [-0.39, 0.29) is 18.2 Å². The molecule has 0 saturated carbocycles. The summed E-state index contributed by atoms with van der Waals surface area (Å²) in [7, 11) is 0. The first-order chi connectivity index (χ1) is 12.6. The van der Waals surface area contributed by atoms with Gasteiger partial charge in [-0.3, -0.25) is 9.59 Å². The van der Waals surface area contributed by atoms with E-state index in [1.807, 2.05) is 30.3 Å². The molecule has 2 N–H and O–H groups in total. The molecule has 3 heterocycles. The minimum absolute atomic E-state index is 0.0136. The van der Waals surface area contributed by atoms with E-state index < -0.39 is 5.41 Å². The summed E-state index contributed by atoms with van der Waals surface area (Å²) < 4.78 is 1.64. The zero-order chi connectivity index (χ0) is 17.9. The third-order valence-electron chi connectivity index (χ3n) is 4.99. The smallest absolute Gasteiger partial charge is 0.240 e. The summed E-state index contributed by atoms with van der Waals surface area (Å²) in [5.74, 6) is 0.0343. The van der Waals surface area contributed by atoms with Crippen LogP contribution in [0.3, 0.4) is 0 Å². The number of aromatic nitrogens is 2. The van der Waals surface area contributed by atoms with Crippen molar-refractivity contribution in [3.8, 4) is 5.69 Å². The Kier molecular flexibility index (Phi) is 3.02. The molecule has 0 saturated heterocycles. The standard InChI is InChI=1S/C19H13ClN4O2/c20-11-6-7-15-13(8-11)19(18(26)22-15)9-16(25)23-17-14(19)10-21-24(17)12-4-2-1-3-5-12/h1-8,10H,9H2,(H,22,26)(H,23,25)/t19-/m0/s1. The van der Waals surface area contributed by atoms with Gasteiger partial charge in [-0.1, -0.05) is 29.8 Å².